The van der Waals surface area contributed by atoms with Crippen molar-refractivity contribution in [1.29, 1.82) is 0 Å². The molecule has 2 aromatic carbocycles. The van der Waals surface area contributed by atoms with Gasteiger partial charge in [0.2, 0.25) is 0 Å². The Balaban J connectivity index is 1.33. The van der Waals surface area contributed by atoms with Crippen LogP contribution in [0, 0.1) is 0 Å². The number of ether oxygens (including phenoxy) is 1. The van der Waals surface area contributed by atoms with Crippen LogP contribution in [0.3, 0.4) is 0 Å². The molecule has 2 amide bonds. The second kappa shape index (κ2) is 9.33. The molecule has 1 heterocycles. The number of aryl methyl sites for hydroxylation is 2. The number of likely N-dealkylation sites (tertiary alicyclic amines) is 1. The third kappa shape index (κ3) is 4.84. The van der Waals surface area contributed by atoms with E-state index in [0.717, 1.165) is 44.5 Å². The molecule has 30 heavy (non-hydrogen) atoms. The zero-order valence-corrected chi connectivity index (χ0v) is 17.7. The molecule has 0 bridgehead atoms. The molecule has 0 radical (unpaired) electrons. The first-order chi connectivity index (χ1) is 14.6. The van der Waals surface area contributed by atoms with Crippen molar-refractivity contribution in [2.24, 2.45) is 0 Å². The quantitative estimate of drug-likeness (QED) is 0.790. The predicted octanol–water partition coefficient (Wildman–Crippen LogP) is 4.60. The molecule has 1 N–H and O–H groups in total. The molecule has 2 aromatic rings. The maximum Gasteiger partial charge on any atom is 0.265 e. The second-order valence-electron chi connectivity index (χ2n) is 8.32. The highest BCUT2D eigenvalue weighted by atomic mass is 16.5. The van der Waals surface area contributed by atoms with Crippen molar-refractivity contribution in [3.63, 3.8) is 0 Å². The van der Waals surface area contributed by atoms with Crippen LogP contribution < -0.4 is 10.1 Å². The number of carbonyl (C=O) groups excluding carboxylic acids is 2. The first kappa shape index (κ1) is 20.5. The summed E-state index contributed by atoms with van der Waals surface area (Å²) in [6, 6.07) is 13.3. The van der Waals surface area contributed by atoms with Gasteiger partial charge in [0.25, 0.3) is 11.8 Å². The third-order valence-corrected chi connectivity index (χ3v) is 6.04. The number of hydrogen-bond donors (Lipinski definition) is 1. The van der Waals surface area contributed by atoms with Crippen LogP contribution in [0.4, 0.5) is 5.69 Å². The van der Waals surface area contributed by atoms with Gasteiger partial charge in [0, 0.05) is 24.3 Å². The van der Waals surface area contributed by atoms with Gasteiger partial charge in [-0.2, -0.15) is 0 Å². The van der Waals surface area contributed by atoms with Crippen LogP contribution in [-0.2, 0) is 17.6 Å². The summed E-state index contributed by atoms with van der Waals surface area (Å²) in [6.45, 7) is 3.41. The van der Waals surface area contributed by atoms with Crippen molar-refractivity contribution in [3.05, 3.63) is 59.2 Å². The van der Waals surface area contributed by atoms with Crippen molar-refractivity contribution in [2.75, 3.05) is 18.4 Å². The zero-order chi connectivity index (χ0) is 20.9. The summed E-state index contributed by atoms with van der Waals surface area (Å²) >= 11 is 0. The van der Waals surface area contributed by atoms with Crippen LogP contribution in [0.5, 0.6) is 5.75 Å². The minimum atomic E-state index is -0.610. The summed E-state index contributed by atoms with van der Waals surface area (Å²) in [5.41, 5.74) is 4.05. The van der Waals surface area contributed by atoms with Gasteiger partial charge in [0.1, 0.15) is 5.75 Å². The van der Waals surface area contributed by atoms with Gasteiger partial charge in [0.15, 0.2) is 6.10 Å². The van der Waals surface area contributed by atoms with E-state index >= 15 is 0 Å². The van der Waals surface area contributed by atoms with Crippen molar-refractivity contribution >= 4 is 17.5 Å². The normalized spacial score (nSPS) is 17.0. The molecular weight excluding hydrogens is 376 g/mol. The van der Waals surface area contributed by atoms with Crippen LogP contribution in [0.2, 0.25) is 0 Å². The van der Waals surface area contributed by atoms with Gasteiger partial charge in [-0.25, -0.2) is 0 Å². The molecule has 0 spiro atoms. The van der Waals surface area contributed by atoms with E-state index in [1.165, 1.54) is 30.4 Å². The lowest BCUT2D eigenvalue weighted by Crippen LogP contribution is -2.35. The van der Waals surface area contributed by atoms with Crippen molar-refractivity contribution in [2.45, 2.75) is 58.0 Å². The van der Waals surface area contributed by atoms with Crippen LogP contribution in [-0.4, -0.2) is 35.9 Å². The summed E-state index contributed by atoms with van der Waals surface area (Å²) in [6.07, 6.45) is 7.39. The average Bonchev–Trinajstić information content (AvgIpc) is 2.79. The van der Waals surface area contributed by atoms with Crippen LogP contribution in [0.25, 0.3) is 0 Å². The molecule has 0 saturated carbocycles. The monoisotopic (exact) mass is 406 g/mol. The van der Waals surface area contributed by atoms with E-state index in [2.05, 4.69) is 17.4 Å². The molecule has 5 nitrogen and oxygen atoms in total. The number of piperidine rings is 1. The minimum Gasteiger partial charge on any atom is -0.481 e. The largest absolute Gasteiger partial charge is 0.481 e. The molecular formula is C25H30N2O3. The molecule has 1 fully saturated rings. The number of anilines is 1. The highest BCUT2D eigenvalue weighted by molar-refractivity contribution is 5.96. The molecule has 0 aromatic heterocycles. The summed E-state index contributed by atoms with van der Waals surface area (Å²) in [4.78, 5) is 27.0. The Hall–Kier alpha value is -2.82. The Labute approximate surface area is 178 Å². The number of nitrogens with zero attached hydrogens (tertiary/aromatic N) is 1. The molecule has 1 aliphatic heterocycles. The standard InChI is InChI=1S/C25H30N2O3/c1-18(30-23-14-11-19-7-3-4-8-21(19)17-23)24(28)26-22-12-9-20(10-13-22)25(29)27-15-5-2-6-16-27/h9-14,17-18H,2-8,15-16H2,1H3,(H,26,28). The lowest BCUT2D eigenvalue weighted by atomic mass is 9.92. The van der Waals surface area contributed by atoms with Crippen molar-refractivity contribution < 1.29 is 14.3 Å². The number of benzene rings is 2. The first-order valence-electron chi connectivity index (χ1n) is 11.1. The zero-order valence-electron chi connectivity index (χ0n) is 17.7. The van der Waals surface area contributed by atoms with Gasteiger partial charge in [-0.05, 0) is 99.4 Å². The Kier molecular flexibility index (Phi) is 6.36. The van der Waals surface area contributed by atoms with Crippen LogP contribution >= 0.6 is 0 Å². The van der Waals surface area contributed by atoms with E-state index in [-0.39, 0.29) is 11.8 Å². The molecule has 1 saturated heterocycles. The van der Waals surface area contributed by atoms with Gasteiger partial charge < -0.3 is 15.0 Å². The minimum absolute atomic E-state index is 0.0664. The highest BCUT2D eigenvalue weighted by Gasteiger charge is 2.19. The lowest BCUT2D eigenvalue weighted by Gasteiger charge is -2.26. The summed E-state index contributed by atoms with van der Waals surface area (Å²) in [5.74, 6) is 0.597. The predicted molar refractivity (Wildman–Crippen MR) is 118 cm³/mol. The number of carbonyl (C=O) groups is 2. The lowest BCUT2D eigenvalue weighted by molar-refractivity contribution is -0.122. The SMILES string of the molecule is CC(Oc1ccc2c(c1)CCCC2)C(=O)Nc1ccc(C(=O)N2CCCCC2)cc1. The van der Waals surface area contributed by atoms with E-state index in [4.69, 9.17) is 4.74 Å². The fourth-order valence-electron chi connectivity index (χ4n) is 4.26. The number of rotatable bonds is 5. The summed E-state index contributed by atoms with van der Waals surface area (Å²) in [5, 5.41) is 2.88. The van der Waals surface area contributed by atoms with E-state index in [1.807, 2.05) is 11.0 Å². The van der Waals surface area contributed by atoms with E-state index < -0.39 is 6.10 Å². The van der Waals surface area contributed by atoms with Crippen LogP contribution in [0.15, 0.2) is 42.5 Å². The number of nitrogens with one attached hydrogen (secondary N) is 1. The molecule has 5 heteroatoms. The fraction of sp³-hybridized carbons (Fsp3) is 0.440. The number of hydrogen-bond acceptors (Lipinski definition) is 3. The van der Waals surface area contributed by atoms with Crippen LogP contribution in [0.1, 0.15) is 60.5 Å². The van der Waals surface area contributed by atoms with Crippen molar-refractivity contribution in [1.82, 2.24) is 4.90 Å². The fourth-order valence-corrected chi connectivity index (χ4v) is 4.26. The number of amides is 2. The second-order valence-corrected chi connectivity index (χ2v) is 8.32. The molecule has 1 aliphatic carbocycles. The average molecular weight is 407 g/mol. The smallest absolute Gasteiger partial charge is 0.265 e. The van der Waals surface area contributed by atoms with Gasteiger partial charge in [-0.15, -0.1) is 0 Å². The maximum absolute atomic E-state index is 12.6. The Morgan fingerprint density at radius 1 is 0.900 bits per heavy atom. The molecule has 158 valence electrons. The third-order valence-electron chi connectivity index (χ3n) is 6.04. The Morgan fingerprint density at radius 2 is 1.60 bits per heavy atom. The van der Waals surface area contributed by atoms with Gasteiger partial charge in [0.05, 0.1) is 0 Å². The van der Waals surface area contributed by atoms with Crippen molar-refractivity contribution in [3.8, 4) is 5.75 Å². The molecule has 1 unspecified atom stereocenters. The molecule has 4 rings (SSSR count). The summed E-state index contributed by atoms with van der Waals surface area (Å²) < 4.78 is 5.88. The maximum atomic E-state index is 12.6. The Bertz CT molecular complexity index is 901. The van der Waals surface area contributed by atoms with Gasteiger partial charge >= 0.3 is 0 Å². The van der Waals surface area contributed by atoms with E-state index in [9.17, 15) is 9.59 Å². The molecule has 2 aliphatic rings. The first-order valence-corrected chi connectivity index (χ1v) is 11.1. The molecule has 1 atom stereocenters. The van der Waals surface area contributed by atoms with E-state index in [0.29, 0.717) is 11.3 Å². The van der Waals surface area contributed by atoms with Gasteiger partial charge in [-0.1, -0.05) is 6.07 Å². The summed E-state index contributed by atoms with van der Waals surface area (Å²) in [7, 11) is 0. The van der Waals surface area contributed by atoms with Gasteiger partial charge in [-0.3, -0.25) is 9.59 Å². The highest BCUT2D eigenvalue weighted by Crippen LogP contribution is 2.26. The number of fused-ring (bicyclic) bond motifs is 1. The van der Waals surface area contributed by atoms with E-state index in [1.54, 1.807) is 31.2 Å². The topological polar surface area (TPSA) is 58.6 Å². The Morgan fingerprint density at radius 3 is 2.33 bits per heavy atom.